The second kappa shape index (κ2) is 2.03. The summed E-state index contributed by atoms with van der Waals surface area (Å²) < 4.78 is 0. The van der Waals surface area contributed by atoms with Gasteiger partial charge in [-0.25, -0.2) is 0 Å². The maximum absolute atomic E-state index is 5.88. The van der Waals surface area contributed by atoms with Gasteiger partial charge in [-0.1, -0.05) is 23.7 Å². The van der Waals surface area contributed by atoms with Crippen LogP contribution in [0.4, 0.5) is 0 Å². The molecule has 2 aliphatic rings. The van der Waals surface area contributed by atoms with Crippen LogP contribution >= 0.6 is 11.6 Å². The van der Waals surface area contributed by atoms with Crippen molar-refractivity contribution in [2.75, 3.05) is 0 Å². The normalized spacial score (nSPS) is 10.5. The molecule has 2 heteroatoms. The zero-order chi connectivity index (χ0) is 6.97. The Labute approximate surface area is 64.0 Å². The number of hydrogen-bond acceptors (Lipinski definition) is 0. The summed E-state index contributed by atoms with van der Waals surface area (Å²) in [7, 11) is 0. The van der Waals surface area contributed by atoms with Crippen molar-refractivity contribution in [2.45, 2.75) is 0 Å². The summed E-state index contributed by atoms with van der Waals surface area (Å²) in [5, 5.41) is 0.804. The average Bonchev–Trinajstić information content (AvgIpc) is 2.36. The van der Waals surface area contributed by atoms with Gasteiger partial charge in [0.2, 0.25) is 0 Å². The van der Waals surface area contributed by atoms with Gasteiger partial charge in [-0.05, 0) is 12.1 Å². The predicted octanol–water partition coefficient (Wildman–Crippen LogP) is 2.77. The monoisotopic (exact) mass is 151 g/mol. The molecule has 1 nitrogen and oxygen atoms in total. The third kappa shape index (κ3) is 0.711. The highest BCUT2D eigenvalue weighted by Gasteiger charge is 2.03. The van der Waals surface area contributed by atoms with E-state index < -0.39 is 0 Å². The first-order chi connectivity index (χ1) is 4.88. The fraction of sp³-hybridized carbons (Fsp3) is 0. The van der Waals surface area contributed by atoms with Gasteiger partial charge in [0.05, 0.1) is 5.02 Å². The Bertz CT molecular complexity index is 313. The quantitative estimate of drug-likeness (QED) is 0.596. The van der Waals surface area contributed by atoms with Crippen molar-refractivity contribution in [2.24, 2.45) is 0 Å². The lowest BCUT2D eigenvalue weighted by molar-refractivity contribution is 1.34. The topological polar surface area (TPSA) is 15.8 Å². The first-order valence-electron chi connectivity index (χ1n) is 3.09. The summed E-state index contributed by atoms with van der Waals surface area (Å²) in [5.41, 5.74) is 2.18. The summed E-state index contributed by atoms with van der Waals surface area (Å²) in [6.45, 7) is 0. The molecule has 0 aromatic heterocycles. The highest BCUT2D eigenvalue weighted by atomic mass is 35.5. The molecule has 0 bridgehead atoms. The van der Waals surface area contributed by atoms with Gasteiger partial charge in [0.1, 0.15) is 0 Å². The zero-order valence-corrected chi connectivity index (χ0v) is 6.02. The Balaban J connectivity index is 2.80. The van der Waals surface area contributed by atoms with Crippen LogP contribution in [-0.2, 0) is 0 Å². The number of fused-ring (bicyclic) bond motifs is 1. The largest absolute Gasteiger partial charge is 0.361 e. The Morgan fingerprint density at radius 3 is 2.90 bits per heavy atom. The third-order valence-electron chi connectivity index (χ3n) is 1.54. The summed E-state index contributed by atoms with van der Waals surface area (Å²) in [6, 6.07) is 7.83. The van der Waals surface area contributed by atoms with Crippen molar-refractivity contribution in [3.8, 4) is 11.3 Å². The molecule has 50 valence electrons. The van der Waals surface area contributed by atoms with Crippen molar-refractivity contribution >= 4 is 11.6 Å². The Morgan fingerprint density at radius 1 is 1.20 bits per heavy atom. The molecular formula is C8H6ClN. The molecule has 0 aromatic rings. The third-order valence-corrected chi connectivity index (χ3v) is 1.87. The molecule has 0 atom stereocenters. The van der Waals surface area contributed by atoms with Gasteiger partial charge in [0.15, 0.2) is 0 Å². The second-order valence-electron chi connectivity index (χ2n) is 2.18. The fourth-order valence-electron chi connectivity index (χ4n) is 1.05. The maximum atomic E-state index is 5.88. The Kier molecular flexibility index (Phi) is 1.18. The van der Waals surface area contributed by atoms with Crippen LogP contribution in [0, 0.1) is 0 Å². The lowest BCUT2D eigenvalue weighted by Crippen LogP contribution is -1.78. The minimum Gasteiger partial charge on any atom is -0.361 e. The van der Waals surface area contributed by atoms with E-state index in [0.717, 1.165) is 16.3 Å². The van der Waals surface area contributed by atoms with Gasteiger partial charge in [0.25, 0.3) is 0 Å². The highest BCUT2D eigenvalue weighted by molar-refractivity contribution is 6.33. The van der Waals surface area contributed by atoms with E-state index in [1.165, 1.54) is 0 Å². The van der Waals surface area contributed by atoms with Gasteiger partial charge < -0.3 is 4.98 Å². The molecule has 1 aliphatic carbocycles. The molecule has 0 fully saturated rings. The van der Waals surface area contributed by atoms with Crippen LogP contribution in [-0.4, -0.2) is 4.98 Å². The first-order valence-corrected chi connectivity index (χ1v) is 3.47. The molecule has 0 radical (unpaired) electrons. The number of H-pyrrole nitrogens is 1. The average molecular weight is 152 g/mol. The summed E-state index contributed by atoms with van der Waals surface area (Å²) in [5.74, 6) is 0. The SMILES string of the molecule is Clc1cc[nH]c2cccc1-2. The van der Waals surface area contributed by atoms with Crippen LogP contribution in [0.5, 0.6) is 0 Å². The van der Waals surface area contributed by atoms with E-state index in [1.807, 2.05) is 30.5 Å². The van der Waals surface area contributed by atoms with Gasteiger partial charge >= 0.3 is 0 Å². The molecule has 0 saturated carbocycles. The zero-order valence-electron chi connectivity index (χ0n) is 5.26. The number of nitrogens with one attached hydrogen (secondary N) is 1. The molecule has 1 heterocycles. The molecule has 1 aliphatic heterocycles. The van der Waals surface area contributed by atoms with Gasteiger partial charge in [-0.2, -0.15) is 0 Å². The first kappa shape index (κ1) is 5.81. The lowest BCUT2D eigenvalue weighted by Gasteiger charge is -1.98. The number of aromatic amines is 1. The van der Waals surface area contributed by atoms with E-state index in [4.69, 9.17) is 11.6 Å². The molecule has 2 rings (SSSR count). The number of aromatic nitrogens is 1. The number of hydrogen-bond donors (Lipinski definition) is 1. The maximum Gasteiger partial charge on any atom is 0.0513 e. The summed E-state index contributed by atoms with van der Waals surface area (Å²) >= 11 is 5.88. The van der Waals surface area contributed by atoms with Crippen molar-refractivity contribution < 1.29 is 0 Å². The highest BCUT2D eigenvalue weighted by Crippen LogP contribution is 2.27. The van der Waals surface area contributed by atoms with Crippen LogP contribution < -0.4 is 0 Å². The van der Waals surface area contributed by atoms with Crippen molar-refractivity contribution in [3.63, 3.8) is 0 Å². The van der Waals surface area contributed by atoms with Crippen molar-refractivity contribution in [3.05, 3.63) is 35.5 Å². The Morgan fingerprint density at radius 2 is 2.10 bits per heavy atom. The molecular weight excluding hydrogens is 146 g/mol. The molecule has 0 unspecified atom stereocenters. The molecule has 0 amide bonds. The van der Waals surface area contributed by atoms with E-state index in [-0.39, 0.29) is 0 Å². The number of halogens is 1. The van der Waals surface area contributed by atoms with E-state index >= 15 is 0 Å². The second-order valence-corrected chi connectivity index (χ2v) is 2.59. The molecule has 1 N–H and O–H groups in total. The lowest BCUT2D eigenvalue weighted by atomic mass is 10.2. The van der Waals surface area contributed by atoms with Crippen LogP contribution in [0.3, 0.4) is 0 Å². The number of pyridine rings is 1. The van der Waals surface area contributed by atoms with E-state index in [2.05, 4.69) is 4.98 Å². The predicted molar refractivity (Wildman–Crippen MR) is 42.4 cm³/mol. The standard InChI is InChI=1S/C8H6ClN/c9-7-4-5-10-8-3-1-2-6(7)8/h1-5,10H. The number of rotatable bonds is 0. The van der Waals surface area contributed by atoms with Crippen LogP contribution in [0.15, 0.2) is 30.5 Å². The van der Waals surface area contributed by atoms with Crippen LogP contribution in [0.1, 0.15) is 0 Å². The minimum absolute atomic E-state index is 0.804. The minimum atomic E-state index is 0.804. The Hall–Kier alpha value is -0.950. The molecule has 0 spiro atoms. The fourth-order valence-corrected chi connectivity index (χ4v) is 1.28. The van der Waals surface area contributed by atoms with Gasteiger partial charge in [0, 0.05) is 17.5 Å². The van der Waals surface area contributed by atoms with E-state index in [9.17, 15) is 0 Å². The molecule has 10 heavy (non-hydrogen) atoms. The van der Waals surface area contributed by atoms with Crippen LogP contribution in [0.25, 0.3) is 11.3 Å². The van der Waals surface area contributed by atoms with Crippen molar-refractivity contribution in [1.82, 2.24) is 4.98 Å². The van der Waals surface area contributed by atoms with Gasteiger partial charge in [-0.3, -0.25) is 0 Å². The molecule has 0 aromatic carbocycles. The van der Waals surface area contributed by atoms with Gasteiger partial charge in [-0.15, -0.1) is 0 Å². The van der Waals surface area contributed by atoms with Crippen LogP contribution in [0.2, 0.25) is 5.02 Å². The molecule has 0 saturated heterocycles. The van der Waals surface area contributed by atoms with E-state index in [0.29, 0.717) is 0 Å². The smallest absolute Gasteiger partial charge is 0.0513 e. The summed E-state index contributed by atoms with van der Waals surface area (Å²) in [6.07, 6.45) is 1.84. The van der Waals surface area contributed by atoms with Crippen molar-refractivity contribution in [1.29, 1.82) is 0 Å². The van der Waals surface area contributed by atoms with E-state index in [1.54, 1.807) is 0 Å². The summed E-state index contributed by atoms with van der Waals surface area (Å²) in [4.78, 5) is 3.09.